The lowest BCUT2D eigenvalue weighted by Gasteiger charge is -1.97. The highest BCUT2D eigenvalue weighted by Crippen LogP contribution is 2.00. The molecule has 0 aromatic carbocycles. The summed E-state index contributed by atoms with van der Waals surface area (Å²) >= 11 is 4.78. The van der Waals surface area contributed by atoms with Crippen LogP contribution in [0.5, 0.6) is 0 Å². The molecule has 0 aliphatic carbocycles. The van der Waals surface area contributed by atoms with Crippen molar-refractivity contribution in [2.75, 3.05) is 0 Å². The van der Waals surface area contributed by atoms with E-state index in [1.165, 1.54) is 0 Å². The topological polar surface area (TPSA) is 38.9 Å². The van der Waals surface area contributed by atoms with Crippen LogP contribution in [0.15, 0.2) is 18.3 Å². The molecule has 1 aromatic rings. The molecule has 3 heteroatoms. The summed E-state index contributed by atoms with van der Waals surface area (Å²) in [5.41, 5.74) is 7.29. The average Bonchev–Trinajstić information content (AvgIpc) is 2.05. The maximum Gasteiger partial charge on any atom is 0.105 e. The lowest BCUT2D eigenvalue weighted by molar-refractivity contribution is 1.03. The van der Waals surface area contributed by atoms with Gasteiger partial charge < -0.3 is 5.73 Å². The van der Waals surface area contributed by atoms with Crippen molar-refractivity contribution >= 4 is 17.2 Å². The van der Waals surface area contributed by atoms with Crippen LogP contribution in [0.4, 0.5) is 0 Å². The van der Waals surface area contributed by atoms with Crippen molar-refractivity contribution in [3.63, 3.8) is 0 Å². The molecule has 0 atom stereocenters. The van der Waals surface area contributed by atoms with Gasteiger partial charge >= 0.3 is 0 Å². The van der Waals surface area contributed by atoms with Gasteiger partial charge in [-0.05, 0) is 18.6 Å². The van der Waals surface area contributed by atoms with Gasteiger partial charge in [0.2, 0.25) is 0 Å². The summed E-state index contributed by atoms with van der Waals surface area (Å²) in [7, 11) is 0. The molecule has 0 amide bonds. The summed E-state index contributed by atoms with van der Waals surface area (Å²) in [6.45, 7) is 2.06. The van der Waals surface area contributed by atoms with Gasteiger partial charge in [0.1, 0.15) is 4.99 Å². The van der Waals surface area contributed by atoms with E-state index in [1.807, 2.05) is 12.1 Å². The van der Waals surface area contributed by atoms with E-state index in [2.05, 4.69) is 11.9 Å². The van der Waals surface area contributed by atoms with Gasteiger partial charge in [0.05, 0.1) is 0 Å². The summed E-state index contributed by atoms with van der Waals surface area (Å²) in [5.74, 6) is 0. The van der Waals surface area contributed by atoms with Crippen LogP contribution in [-0.4, -0.2) is 9.97 Å². The Morgan fingerprint density at radius 1 is 1.64 bits per heavy atom. The van der Waals surface area contributed by atoms with Gasteiger partial charge in [-0.3, -0.25) is 4.98 Å². The van der Waals surface area contributed by atoms with Crippen LogP contribution in [-0.2, 0) is 6.42 Å². The molecule has 1 heterocycles. The average molecular weight is 166 g/mol. The van der Waals surface area contributed by atoms with Gasteiger partial charge in [0.25, 0.3) is 0 Å². The van der Waals surface area contributed by atoms with Crippen molar-refractivity contribution in [2.45, 2.75) is 13.3 Å². The largest absolute Gasteiger partial charge is 0.389 e. The van der Waals surface area contributed by atoms with E-state index >= 15 is 0 Å². The Morgan fingerprint density at radius 3 is 2.73 bits per heavy atom. The minimum absolute atomic E-state index is 0.403. The molecule has 1 rings (SSSR count). The normalized spacial score (nSPS) is 9.55. The number of hydrogen-bond acceptors (Lipinski definition) is 2. The summed E-state index contributed by atoms with van der Waals surface area (Å²) in [6.07, 6.45) is 2.65. The number of nitrogens with two attached hydrogens (primary N) is 1. The monoisotopic (exact) mass is 166 g/mol. The van der Waals surface area contributed by atoms with Gasteiger partial charge in [-0.2, -0.15) is 0 Å². The summed E-state index contributed by atoms with van der Waals surface area (Å²) in [5, 5.41) is 0. The number of aromatic nitrogens is 1. The number of nitrogens with zero attached hydrogens (tertiary/aromatic N) is 1. The maximum absolute atomic E-state index is 5.40. The molecule has 0 fully saturated rings. The predicted molar refractivity (Wildman–Crippen MR) is 49.5 cm³/mol. The number of pyridine rings is 1. The quantitative estimate of drug-likeness (QED) is 0.673. The lowest BCUT2D eigenvalue weighted by atomic mass is 10.2. The first-order valence-corrected chi connectivity index (χ1v) is 3.89. The number of thiocarbonyl (C=S) groups is 1. The molecule has 0 radical (unpaired) electrons. The van der Waals surface area contributed by atoms with E-state index in [0.717, 1.165) is 17.7 Å². The molecule has 2 nitrogen and oxygen atoms in total. The Hall–Kier alpha value is -0.960. The Bertz CT molecular complexity index is 253. The van der Waals surface area contributed by atoms with E-state index in [9.17, 15) is 0 Å². The van der Waals surface area contributed by atoms with Crippen LogP contribution < -0.4 is 5.73 Å². The van der Waals surface area contributed by atoms with E-state index < -0.39 is 0 Å². The molecular weight excluding hydrogens is 156 g/mol. The van der Waals surface area contributed by atoms with E-state index in [4.69, 9.17) is 18.0 Å². The summed E-state index contributed by atoms with van der Waals surface area (Å²) in [6, 6.07) is 3.84. The van der Waals surface area contributed by atoms with Crippen molar-refractivity contribution in [3.8, 4) is 0 Å². The van der Waals surface area contributed by atoms with Gasteiger partial charge in [-0.1, -0.05) is 19.1 Å². The van der Waals surface area contributed by atoms with E-state index in [1.54, 1.807) is 6.20 Å². The minimum Gasteiger partial charge on any atom is -0.389 e. The van der Waals surface area contributed by atoms with Crippen molar-refractivity contribution in [3.05, 3.63) is 29.6 Å². The molecule has 0 saturated heterocycles. The highest BCUT2D eigenvalue weighted by atomic mass is 32.1. The fraction of sp³-hybridized carbons (Fsp3) is 0.250. The number of hydrogen-bond donors (Lipinski definition) is 1. The van der Waals surface area contributed by atoms with Crippen LogP contribution in [0.3, 0.4) is 0 Å². The molecule has 1 aromatic heterocycles. The van der Waals surface area contributed by atoms with Crippen LogP contribution >= 0.6 is 12.2 Å². The third-order valence-electron chi connectivity index (χ3n) is 1.47. The minimum atomic E-state index is 0.403. The summed E-state index contributed by atoms with van der Waals surface area (Å²) in [4.78, 5) is 4.55. The zero-order valence-electron chi connectivity index (χ0n) is 6.37. The standard InChI is InChI=1S/C8H10N2S/c1-2-7-4-3-6(5-10-7)8(9)11/h3-5H,2H2,1H3,(H2,9,11). The molecule has 0 aliphatic heterocycles. The molecular formula is C8H10N2S. The van der Waals surface area contributed by atoms with Crippen LogP contribution in [0.1, 0.15) is 18.2 Å². The third-order valence-corrected chi connectivity index (χ3v) is 1.71. The zero-order valence-corrected chi connectivity index (χ0v) is 7.19. The Balaban J connectivity index is 2.91. The number of aryl methyl sites for hydroxylation is 1. The second-order valence-corrected chi connectivity index (χ2v) is 2.70. The van der Waals surface area contributed by atoms with Crippen molar-refractivity contribution in [2.24, 2.45) is 5.73 Å². The first-order valence-electron chi connectivity index (χ1n) is 3.48. The molecule has 0 spiro atoms. The van der Waals surface area contributed by atoms with Gasteiger partial charge in [-0.25, -0.2) is 0 Å². The summed E-state index contributed by atoms with van der Waals surface area (Å²) < 4.78 is 0. The van der Waals surface area contributed by atoms with Crippen LogP contribution in [0, 0.1) is 0 Å². The number of rotatable bonds is 2. The fourth-order valence-corrected chi connectivity index (χ4v) is 0.900. The van der Waals surface area contributed by atoms with Crippen molar-refractivity contribution in [1.82, 2.24) is 4.98 Å². The van der Waals surface area contributed by atoms with Crippen LogP contribution in [0.25, 0.3) is 0 Å². The first kappa shape index (κ1) is 8.14. The Labute approximate surface area is 71.4 Å². The molecule has 0 saturated carbocycles. The van der Waals surface area contributed by atoms with Crippen LogP contribution in [0.2, 0.25) is 0 Å². The molecule has 0 bridgehead atoms. The van der Waals surface area contributed by atoms with E-state index in [-0.39, 0.29) is 0 Å². The second-order valence-electron chi connectivity index (χ2n) is 2.26. The predicted octanol–water partition coefficient (Wildman–Crippen LogP) is 1.28. The highest BCUT2D eigenvalue weighted by Gasteiger charge is 1.95. The second kappa shape index (κ2) is 3.44. The molecule has 0 unspecified atom stereocenters. The SMILES string of the molecule is CCc1ccc(C(N)=S)cn1. The lowest BCUT2D eigenvalue weighted by Crippen LogP contribution is -2.09. The Kier molecular flexibility index (Phi) is 2.54. The molecule has 0 aliphatic rings. The fourth-order valence-electron chi connectivity index (χ4n) is 0.779. The third kappa shape index (κ3) is 1.98. The van der Waals surface area contributed by atoms with Gasteiger partial charge in [-0.15, -0.1) is 0 Å². The highest BCUT2D eigenvalue weighted by molar-refractivity contribution is 7.80. The Morgan fingerprint density at radius 2 is 2.36 bits per heavy atom. The molecule has 58 valence electrons. The zero-order chi connectivity index (χ0) is 8.27. The first-order chi connectivity index (χ1) is 5.24. The van der Waals surface area contributed by atoms with Gasteiger partial charge in [0.15, 0.2) is 0 Å². The molecule has 2 N–H and O–H groups in total. The maximum atomic E-state index is 5.40. The van der Waals surface area contributed by atoms with Crippen molar-refractivity contribution in [1.29, 1.82) is 0 Å². The smallest absolute Gasteiger partial charge is 0.105 e. The molecule has 11 heavy (non-hydrogen) atoms. The van der Waals surface area contributed by atoms with Gasteiger partial charge in [0, 0.05) is 17.5 Å². The van der Waals surface area contributed by atoms with Crippen molar-refractivity contribution < 1.29 is 0 Å². The van der Waals surface area contributed by atoms with E-state index in [0.29, 0.717) is 4.99 Å².